The van der Waals surface area contributed by atoms with Gasteiger partial charge in [-0.2, -0.15) is 0 Å². The molecule has 19 heavy (non-hydrogen) atoms. The number of rotatable bonds is 4. The number of hydrogen-bond acceptors (Lipinski definition) is 2. The SMILES string of the molecule is CCN(C(=O)CC1CCCCC1N)C1CCCCC1. The Morgan fingerprint density at radius 1 is 1.05 bits per heavy atom. The van der Waals surface area contributed by atoms with E-state index in [1.54, 1.807) is 0 Å². The van der Waals surface area contributed by atoms with Gasteiger partial charge >= 0.3 is 0 Å². The van der Waals surface area contributed by atoms with Crippen LogP contribution in [0.25, 0.3) is 0 Å². The van der Waals surface area contributed by atoms with Crippen molar-refractivity contribution in [3.63, 3.8) is 0 Å². The topological polar surface area (TPSA) is 46.3 Å². The van der Waals surface area contributed by atoms with E-state index in [4.69, 9.17) is 5.73 Å². The maximum atomic E-state index is 12.6. The van der Waals surface area contributed by atoms with Crippen LogP contribution < -0.4 is 5.73 Å². The lowest BCUT2D eigenvalue weighted by Crippen LogP contribution is -2.44. The highest BCUT2D eigenvalue weighted by Gasteiger charge is 2.29. The molecule has 2 atom stereocenters. The molecule has 0 radical (unpaired) electrons. The summed E-state index contributed by atoms with van der Waals surface area (Å²) in [6.45, 7) is 2.98. The molecule has 0 aromatic carbocycles. The van der Waals surface area contributed by atoms with Crippen molar-refractivity contribution in [3.05, 3.63) is 0 Å². The van der Waals surface area contributed by atoms with Gasteiger partial charge in [0.2, 0.25) is 5.91 Å². The van der Waals surface area contributed by atoms with Gasteiger partial charge in [-0.15, -0.1) is 0 Å². The summed E-state index contributed by atoms with van der Waals surface area (Å²) >= 11 is 0. The lowest BCUT2D eigenvalue weighted by Gasteiger charge is -2.36. The molecular formula is C16H30N2O. The molecule has 110 valence electrons. The van der Waals surface area contributed by atoms with Crippen molar-refractivity contribution in [2.24, 2.45) is 11.7 Å². The van der Waals surface area contributed by atoms with Crippen LogP contribution >= 0.6 is 0 Å². The summed E-state index contributed by atoms with van der Waals surface area (Å²) < 4.78 is 0. The summed E-state index contributed by atoms with van der Waals surface area (Å²) in [4.78, 5) is 14.7. The zero-order valence-corrected chi connectivity index (χ0v) is 12.4. The van der Waals surface area contributed by atoms with Crippen LogP contribution in [0.1, 0.15) is 71.1 Å². The van der Waals surface area contributed by atoms with Gasteiger partial charge in [-0.1, -0.05) is 32.1 Å². The molecule has 0 aromatic heterocycles. The fourth-order valence-corrected chi connectivity index (χ4v) is 3.86. The minimum Gasteiger partial charge on any atom is -0.340 e. The fourth-order valence-electron chi connectivity index (χ4n) is 3.86. The van der Waals surface area contributed by atoms with Gasteiger partial charge in [0.25, 0.3) is 0 Å². The van der Waals surface area contributed by atoms with Crippen LogP contribution in [0.4, 0.5) is 0 Å². The first-order chi connectivity index (χ1) is 9.22. The Balaban J connectivity index is 1.88. The molecule has 2 saturated carbocycles. The van der Waals surface area contributed by atoms with Gasteiger partial charge < -0.3 is 10.6 Å². The average molecular weight is 266 g/mol. The standard InChI is InChI=1S/C16H30N2O/c1-2-18(14-9-4-3-5-10-14)16(19)12-13-8-6-7-11-15(13)17/h13-15H,2-12,17H2,1H3. The predicted octanol–water partition coefficient (Wildman–Crippen LogP) is 3.08. The molecule has 0 bridgehead atoms. The second-order valence-electron chi connectivity index (χ2n) is 6.38. The average Bonchev–Trinajstić information content (AvgIpc) is 2.43. The smallest absolute Gasteiger partial charge is 0.223 e. The van der Waals surface area contributed by atoms with E-state index in [2.05, 4.69) is 11.8 Å². The first-order valence-corrected chi connectivity index (χ1v) is 8.27. The van der Waals surface area contributed by atoms with Crippen molar-refractivity contribution in [1.82, 2.24) is 4.90 Å². The van der Waals surface area contributed by atoms with Gasteiger partial charge in [-0.3, -0.25) is 4.79 Å². The van der Waals surface area contributed by atoms with Crippen molar-refractivity contribution < 1.29 is 4.79 Å². The van der Waals surface area contributed by atoms with E-state index in [-0.39, 0.29) is 6.04 Å². The molecule has 2 rings (SSSR count). The maximum absolute atomic E-state index is 12.6. The van der Waals surface area contributed by atoms with Crippen molar-refractivity contribution in [2.75, 3.05) is 6.54 Å². The molecule has 3 nitrogen and oxygen atoms in total. The molecule has 2 N–H and O–H groups in total. The molecule has 2 aliphatic carbocycles. The van der Waals surface area contributed by atoms with Crippen LogP contribution in [-0.4, -0.2) is 29.4 Å². The second-order valence-corrected chi connectivity index (χ2v) is 6.38. The van der Waals surface area contributed by atoms with Gasteiger partial charge in [0.05, 0.1) is 0 Å². The summed E-state index contributed by atoms with van der Waals surface area (Å²) in [5, 5.41) is 0. The van der Waals surface area contributed by atoms with Gasteiger partial charge in [0.1, 0.15) is 0 Å². The van der Waals surface area contributed by atoms with Gasteiger partial charge in [0, 0.05) is 25.0 Å². The lowest BCUT2D eigenvalue weighted by molar-refractivity contribution is -0.135. The number of hydrogen-bond donors (Lipinski definition) is 1. The minimum absolute atomic E-state index is 0.253. The normalized spacial score (nSPS) is 29.2. The second kappa shape index (κ2) is 7.28. The monoisotopic (exact) mass is 266 g/mol. The summed E-state index contributed by atoms with van der Waals surface area (Å²) in [5.41, 5.74) is 6.18. The molecule has 0 aromatic rings. The third-order valence-electron chi connectivity index (χ3n) is 5.08. The molecule has 0 heterocycles. The summed E-state index contributed by atoms with van der Waals surface area (Å²) in [5.74, 6) is 0.788. The van der Waals surface area contributed by atoms with Crippen molar-refractivity contribution in [1.29, 1.82) is 0 Å². The van der Waals surface area contributed by atoms with E-state index >= 15 is 0 Å². The van der Waals surface area contributed by atoms with Crippen LogP contribution in [0.15, 0.2) is 0 Å². The number of nitrogens with two attached hydrogens (primary N) is 1. The largest absolute Gasteiger partial charge is 0.340 e. The summed E-state index contributed by atoms with van der Waals surface area (Å²) in [6, 6.07) is 0.758. The van der Waals surface area contributed by atoms with Crippen LogP contribution in [-0.2, 0) is 4.79 Å². The van der Waals surface area contributed by atoms with E-state index in [1.165, 1.54) is 44.9 Å². The Kier molecular flexibility index (Phi) is 5.68. The van der Waals surface area contributed by atoms with Gasteiger partial charge in [-0.25, -0.2) is 0 Å². The highest BCUT2D eigenvalue weighted by atomic mass is 16.2. The lowest BCUT2D eigenvalue weighted by atomic mass is 9.82. The van der Waals surface area contributed by atoms with Crippen LogP contribution in [0.5, 0.6) is 0 Å². The molecule has 0 saturated heterocycles. The Morgan fingerprint density at radius 3 is 2.32 bits per heavy atom. The van der Waals surface area contributed by atoms with E-state index < -0.39 is 0 Å². The molecule has 0 aliphatic heterocycles. The number of carbonyl (C=O) groups is 1. The predicted molar refractivity (Wildman–Crippen MR) is 78.8 cm³/mol. The molecule has 1 amide bonds. The number of nitrogens with zero attached hydrogens (tertiary/aromatic N) is 1. The van der Waals surface area contributed by atoms with E-state index in [9.17, 15) is 4.79 Å². The highest BCUT2D eigenvalue weighted by molar-refractivity contribution is 5.76. The first-order valence-electron chi connectivity index (χ1n) is 8.27. The third-order valence-corrected chi connectivity index (χ3v) is 5.08. The van der Waals surface area contributed by atoms with E-state index in [1.807, 2.05) is 0 Å². The highest BCUT2D eigenvalue weighted by Crippen LogP contribution is 2.28. The van der Waals surface area contributed by atoms with Crippen molar-refractivity contribution >= 4 is 5.91 Å². The quantitative estimate of drug-likeness (QED) is 0.850. The number of carbonyl (C=O) groups excluding carboxylic acids is 1. The van der Waals surface area contributed by atoms with E-state index in [0.717, 1.165) is 19.4 Å². The van der Waals surface area contributed by atoms with Crippen LogP contribution in [0.3, 0.4) is 0 Å². The minimum atomic E-state index is 0.253. The molecule has 0 spiro atoms. The maximum Gasteiger partial charge on any atom is 0.223 e. The Hall–Kier alpha value is -0.570. The van der Waals surface area contributed by atoms with Gasteiger partial charge in [-0.05, 0) is 38.5 Å². The zero-order chi connectivity index (χ0) is 13.7. The summed E-state index contributed by atoms with van der Waals surface area (Å²) in [7, 11) is 0. The Labute approximate surface area is 117 Å². The van der Waals surface area contributed by atoms with Crippen molar-refractivity contribution in [3.8, 4) is 0 Å². The zero-order valence-electron chi connectivity index (χ0n) is 12.4. The van der Waals surface area contributed by atoms with Gasteiger partial charge in [0.15, 0.2) is 0 Å². The first kappa shape index (κ1) is 14.8. The Morgan fingerprint density at radius 2 is 1.68 bits per heavy atom. The molecule has 2 aliphatic rings. The number of amides is 1. The van der Waals surface area contributed by atoms with Crippen molar-refractivity contribution in [2.45, 2.75) is 83.2 Å². The molecule has 2 unspecified atom stereocenters. The molecule has 3 heteroatoms. The van der Waals surface area contributed by atoms with Crippen LogP contribution in [0.2, 0.25) is 0 Å². The van der Waals surface area contributed by atoms with Crippen LogP contribution in [0, 0.1) is 5.92 Å². The summed E-state index contributed by atoms with van der Waals surface area (Å²) in [6.07, 6.45) is 11.8. The third kappa shape index (κ3) is 3.95. The fraction of sp³-hybridized carbons (Fsp3) is 0.938. The van der Waals surface area contributed by atoms with E-state index in [0.29, 0.717) is 24.3 Å². The molecule has 2 fully saturated rings. The molecular weight excluding hydrogens is 236 g/mol. The Bertz CT molecular complexity index is 286.